The van der Waals surface area contributed by atoms with Crippen molar-refractivity contribution in [1.82, 2.24) is 4.98 Å². The molecule has 1 aromatic rings. The second kappa shape index (κ2) is 4.09. The molecule has 1 N–H and O–H groups in total. The normalized spacial score (nSPS) is 10.7. The maximum atomic E-state index is 11.2. The zero-order valence-electron chi connectivity index (χ0n) is 9.49. The molecule has 0 aromatic heterocycles. The number of fused-ring (bicyclic) bond motifs is 2. The molecule has 1 aliphatic carbocycles. The Morgan fingerprint density at radius 3 is 2.89 bits per heavy atom. The summed E-state index contributed by atoms with van der Waals surface area (Å²) in [6.45, 7) is 0. The van der Waals surface area contributed by atoms with Gasteiger partial charge >= 0.3 is 6.16 Å². The monoisotopic (exact) mass is 257 g/mol. The molecule has 6 nitrogen and oxygen atoms in total. The van der Waals surface area contributed by atoms with E-state index in [2.05, 4.69) is 9.72 Å². The molecule has 19 heavy (non-hydrogen) atoms. The van der Waals surface area contributed by atoms with Gasteiger partial charge in [0.05, 0.1) is 0 Å². The number of aromatic nitrogens is 1. The molecule has 1 aromatic carbocycles. The summed E-state index contributed by atoms with van der Waals surface area (Å²) in [4.78, 5) is 26.1. The lowest BCUT2D eigenvalue weighted by Gasteiger charge is -2.07. The van der Waals surface area contributed by atoms with E-state index in [1.807, 2.05) is 0 Å². The van der Waals surface area contributed by atoms with Crippen LogP contribution in [-0.4, -0.2) is 16.2 Å². The van der Waals surface area contributed by atoms with Gasteiger partial charge in [0.25, 0.3) is 0 Å². The smallest absolute Gasteiger partial charge is 0.453 e. The van der Waals surface area contributed by atoms with Crippen molar-refractivity contribution < 1.29 is 19.1 Å². The van der Waals surface area contributed by atoms with Crippen LogP contribution in [-0.2, 0) is 0 Å². The van der Waals surface area contributed by atoms with E-state index in [1.54, 1.807) is 12.1 Å². The topological polar surface area (TPSA) is 89.6 Å². The van der Waals surface area contributed by atoms with Crippen LogP contribution in [0.5, 0.6) is 5.75 Å². The van der Waals surface area contributed by atoms with Crippen molar-refractivity contribution in [2.45, 2.75) is 0 Å². The first-order valence-corrected chi connectivity index (χ1v) is 5.38. The lowest BCUT2D eigenvalue weighted by atomic mass is 10.2. The lowest BCUT2D eigenvalue weighted by molar-refractivity contribution is 0.145. The van der Waals surface area contributed by atoms with Gasteiger partial charge in [-0.25, -0.2) is 9.78 Å². The first-order valence-electron chi connectivity index (χ1n) is 5.38. The Balaban J connectivity index is 2.32. The van der Waals surface area contributed by atoms with Crippen molar-refractivity contribution >= 4 is 17.3 Å². The highest BCUT2D eigenvalue weighted by Crippen LogP contribution is 2.29. The quantitative estimate of drug-likeness (QED) is 0.409. The second-order valence-electron chi connectivity index (χ2n) is 3.81. The van der Waals surface area contributed by atoms with Crippen LogP contribution in [0.25, 0.3) is 22.6 Å². The van der Waals surface area contributed by atoms with E-state index in [1.165, 1.54) is 24.3 Å². The minimum Gasteiger partial charge on any atom is -0.453 e. The van der Waals surface area contributed by atoms with Crippen molar-refractivity contribution in [1.29, 1.82) is 0 Å². The molecule has 0 saturated carbocycles. The lowest BCUT2D eigenvalue weighted by Crippen LogP contribution is -2.04. The first-order chi connectivity index (χ1) is 9.13. The van der Waals surface area contributed by atoms with Crippen molar-refractivity contribution in [3.8, 4) is 17.2 Å². The van der Waals surface area contributed by atoms with Crippen molar-refractivity contribution in [3.63, 3.8) is 0 Å². The molecule has 0 spiro atoms. The highest BCUT2D eigenvalue weighted by atomic mass is 16.7. The first kappa shape index (κ1) is 11.2. The Morgan fingerprint density at radius 2 is 2.11 bits per heavy atom. The molecule has 1 aliphatic heterocycles. The highest BCUT2D eigenvalue weighted by molar-refractivity contribution is 5.84. The summed E-state index contributed by atoms with van der Waals surface area (Å²) in [6.07, 6.45) is -1.43. The Labute approximate surface area is 106 Å². The zero-order chi connectivity index (χ0) is 13.4. The summed E-state index contributed by atoms with van der Waals surface area (Å²) in [5.41, 5.74) is 0.900. The van der Waals surface area contributed by atoms with E-state index >= 15 is 0 Å². The fourth-order valence-electron chi connectivity index (χ4n) is 1.78. The molecule has 3 rings (SSSR count). The van der Waals surface area contributed by atoms with Crippen molar-refractivity contribution in [2.75, 3.05) is 0 Å². The van der Waals surface area contributed by atoms with Gasteiger partial charge in [-0.3, -0.25) is 4.79 Å². The van der Waals surface area contributed by atoms with Gasteiger partial charge in [0, 0.05) is 6.07 Å². The molecule has 1 heterocycles. The predicted octanol–water partition coefficient (Wildman–Crippen LogP) is 2.35. The summed E-state index contributed by atoms with van der Waals surface area (Å²) in [5.74, 6) is 0.425. The van der Waals surface area contributed by atoms with Gasteiger partial charge in [0.15, 0.2) is 22.5 Å². The van der Waals surface area contributed by atoms with E-state index < -0.39 is 6.16 Å². The fourth-order valence-corrected chi connectivity index (χ4v) is 1.78. The third-order valence-electron chi connectivity index (χ3n) is 2.54. The van der Waals surface area contributed by atoms with Crippen LogP contribution in [0.15, 0.2) is 45.6 Å². The van der Waals surface area contributed by atoms with Crippen molar-refractivity contribution in [2.24, 2.45) is 0 Å². The predicted molar refractivity (Wildman–Crippen MR) is 65.6 cm³/mol. The summed E-state index contributed by atoms with van der Waals surface area (Å²) in [5, 5.41) is 8.65. The number of nitrogens with zero attached hydrogens (tertiary/aromatic N) is 1. The third-order valence-corrected chi connectivity index (χ3v) is 2.54. The number of rotatable bonds is 1. The summed E-state index contributed by atoms with van der Waals surface area (Å²) >= 11 is 0. The SMILES string of the molecule is O=C(O)Oc1cccc2oc3cc(=O)ccc-3nc12. The minimum atomic E-state index is -1.43. The van der Waals surface area contributed by atoms with Crippen LogP contribution >= 0.6 is 0 Å². The van der Waals surface area contributed by atoms with Crippen LogP contribution < -0.4 is 10.2 Å². The van der Waals surface area contributed by atoms with E-state index in [0.29, 0.717) is 17.0 Å². The van der Waals surface area contributed by atoms with Crippen LogP contribution in [0.1, 0.15) is 0 Å². The number of para-hydroxylation sites is 1. The van der Waals surface area contributed by atoms with Gasteiger partial charge in [-0.15, -0.1) is 0 Å². The molecule has 94 valence electrons. The summed E-state index contributed by atoms with van der Waals surface area (Å²) < 4.78 is 10.1. The van der Waals surface area contributed by atoms with Gasteiger partial charge in [-0.2, -0.15) is 0 Å². The summed E-state index contributed by atoms with van der Waals surface area (Å²) in [7, 11) is 0. The van der Waals surface area contributed by atoms with Gasteiger partial charge in [-0.1, -0.05) is 6.07 Å². The number of hydrogen-bond acceptors (Lipinski definition) is 5. The Kier molecular flexibility index (Phi) is 2.42. The number of carbonyl (C=O) groups is 1. The number of hydrogen-bond donors (Lipinski definition) is 1. The Morgan fingerprint density at radius 1 is 1.26 bits per heavy atom. The maximum absolute atomic E-state index is 11.2. The third kappa shape index (κ3) is 1.99. The largest absolute Gasteiger partial charge is 0.511 e. The molecule has 0 radical (unpaired) electrons. The molecule has 0 atom stereocenters. The van der Waals surface area contributed by atoms with Gasteiger partial charge in [0.2, 0.25) is 0 Å². The average Bonchev–Trinajstić information content (AvgIpc) is 2.36. The Bertz CT molecular complexity index is 808. The van der Waals surface area contributed by atoms with Crippen LogP contribution in [0.4, 0.5) is 4.79 Å². The molecular formula is C13H7NO5. The molecule has 2 aliphatic rings. The molecule has 0 unspecified atom stereocenters. The maximum Gasteiger partial charge on any atom is 0.511 e. The molecule has 6 heteroatoms. The van der Waals surface area contributed by atoms with Crippen molar-refractivity contribution in [3.05, 3.63) is 46.6 Å². The molecular weight excluding hydrogens is 250 g/mol. The van der Waals surface area contributed by atoms with Gasteiger partial charge < -0.3 is 14.3 Å². The minimum absolute atomic E-state index is 0.0850. The molecule has 0 fully saturated rings. The van der Waals surface area contributed by atoms with Crippen LogP contribution in [0.3, 0.4) is 0 Å². The highest BCUT2D eigenvalue weighted by Gasteiger charge is 2.13. The standard InChI is InChI=1S/C13H7NO5/c15-7-4-5-8-11(6-7)18-9-2-1-3-10(12(9)14-8)19-13(16)17/h1-6H,(H,16,17). The molecule has 0 saturated heterocycles. The molecule has 0 bridgehead atoms. The van der Waals surface area contributed by atoms with E-state index in [4.69, 9.17) is 9.52 Å². The van der Waals surface area contributed by atoms with E-state index in [9.17, 15) is 9.59 Å². The molecule has 0 amide bonds. The van der Waals surface area contributed by atoms with Crippen LogP contribution in [0, 0.1) is 0 Å². The Hall–Kier alpha value is -2.89. The zero-order valence-corrected chi connectivity index (χ0v) is 9.49. The summed E-state index contributed by atoms with van der Waals surface area (Å²) in [6, 6.07) is 8.88. The van der Waals surface area contributed by atoms with Gasteiger partial charge in [0.1, 0.15) is 11.2 Å². The second-order valence-corrected chi connectivity index (χ2v) is 3.81. The van der Waals surface area contributed by atoms with E-state index in [-0.39, 0.29) is 16.7 Å². The van der Waals surface area contributed by atoms with Gasteiger partial charge in [-0.05, 0) is 24.3 Å². The number of carboxylic acid groups (broad SMARTS) is 1. The fraction of sp³-hybridized carbons (Fsp3) is 0. The van der Waals surface area contributed by atoms with Crippen LogP contribution in [0.2, 0.25) is 0 Å². The van der Waals surface area contributed by atoms with E-state index in [0.717, 1.165) is 0 Å². The average molecular weight is 257 g/mol. The number of ether oxygens (including phenoxy) is 1. The number of benzene rings is 2.